The Hall–Kier alpha value is -2.28. The van der Waals surface area contributed by atoms with Gasteiger partial charge < -0.3 is 19.6 Å². The number of piperidine rings is 1. The van der Waals surface area contributed by atoms with Crippen molar-refractivity contribution in [1.29, 1.82) is 0 Å². The van der Waals surface area contributed by atoms with Crippen molar-refractivity contribution in [2.24, 2.45) is 5.92 Å². The fourth-order valence-electron chi connectivity index (χ4n) is 4.86. The van der Waals surface area contributed by atoms with Gasteiger partial charge in [0.25, 0.3) is 0 Å². The van der Waals surface area contributed by atoms with Crippen LogP contribution < -0.4 is 4.90 Å². The number of carbonyl (C=O) groups excluding carboxylic acids is 3. The van der Waals surface area contributed by atoms with E-state index in [-0.39, 0.29) is 23.6 Å². The van der Waals surface area contributed by atoms with Crippen molar-refractivity contribution in [1.82, 2.24) is 14.7 Å². The molecule has 31 heavy (non-hydrogen) atoms. The van der Waals surface area contributed by atoms with E-state index in [9.17, 15) is 14.4 Å². The highest BCUT2D eigenvalue weighted by Crippen LogP contribution is 2.27. The lowest BCUT2D eigenvalue weighted by atomic mass is 9.95. The van der Waals surface area contributed by atoms with E-state index in [1.165, 1.54) is 0 Å². The van der Waals surface area contributed by atoms with Crippen LogP contribution in [-0.2, 0) is 14.4 Å². The number of para-hydroxylation sites is 1. The Kier molecular flexibility index (Phi) is 7.00. The third kappa shape index (κ3) is 5.14. The molecule has 1 aromatic rings. The number of hydrogen-bond acceptors (Lipinski definition) is 4. The lowest BCUT2D eigenvalue weighted by Gasteiger charge is -2.40. The predicted molar refractivity (Wildman–Crippen MR) is 120 cm³/mol. The van der Waals surface area contributed by atoms with Crippen molar-refractivity contribution in [2.75, 3.05) is 57.3 Å². The number of rotatable bonds is 6. The van der Waals surface area contributed by atoms with Crippen LogP contribution in [0.5, 0.6) is 0 Å². The fraction of sp³-hybridized carbons (Fsp3) is 0.609. The lowest BCUT2D eigenvalue weighted by Crippen LogP contribution is -2.53. The highest BCUT2D eigenvalue weighted by Gasteiger charge is 2.34. The molecular weight excluding hydrogens is 416 g/mol. The second kappa shape index (κ2) is 9.90. The smallest absolute Gasteiger partial charge is 0.227 e. The molecule has 3 saturated heterocycles. The van der Waals surface area contributed by atoms with Crippen LogP contribution in [0.15, 0.2) is 24.3 Å². The Morgan fingerprint density at radius 1 is 0.935 bits per heavy atom. The van der Waals surface area contributed by atoms with E-state index in [2.05, 4.69) is 4.90 Å². The van der Waals surface area contributed by atoms with Gasteiger partial charge in [0, 0.05) is 65.2 Å². The van der Waals surface area contributed by atoms with Gasteiger partial charge in [-0.15, -0.1) is 0 Å². The summed E-state index contributed by atoms with van der Waals surface area (Å²) in [5.74, 6) is 0.373. The predicted octanol–water partition coefficient (Wildman–Crippen LogP) is 2.24. The Bertz CT molecular complexity index is 825. The molecule has 168 valence electrons. The number of piperazine rings is 1. The summed E-state index contributed by atoms with van der Waals surface area (Å²) in [6.07, 6.45) is 3.40. The summed E-state index contributed by atoms with van der Waals surface area (Å²) < 4.78 is 0. The second-order valence-corrected chi connectivity index (χ2v) is 9.08. The molecule has 4 rings (SSSR count). The quantitative estimate of drug-likeness (QED) is 0.672. The van der Waals surface area contributed by atoms with Crippen LogP contribution in [0.4, 0.5) is 5.69 Å². The molecule has 8 heteroatoms. The maximum absolute atomic E-state index is 13.1. The highest BCUT2D eigenvalue weighted by molar-refractivity contribution is 6.33. The van der Waals surface area contributed by atoms with Gasteiger partial charge in [-0.25, -0.2) is 0 Å². The van der Waals surface area contributed by atoms with E-state index < -0.39 is 0 Å². The van der Waals surface area contributed by atoms with Crippen LogP contribution in [0.2, 0.25) is 5.02 Å². The van der Waals surface area contributed by atoms with Crippen LogP contribution in [0.3, 0.4) is 0 Å². The Labute approximate surface area is 188 Å². The van der Waals surface area contributed by atoms with E-state index in [4.69, 9.17) is 11.6 Å². The summed E-state index contributed by atoms with van der Waals surface area (Å²) in [6, 6.07) is 7.80. The van der Waals surface area contributed by atoms with Gasteiger partial charge in [-0.3, -0.25) is 14.4 Å². The highest BCUT2D eigenvalue weighted by atomic mass is 35.5. The molecule has 0 radical (unpaired) electrons. The first-order valence-electron chi connectivity index (χ1n) is 11.4. The summed E-state index contributed by atoms with van der Waals surface area (Å²) in [5.41, 5.74) is 1.02. The Morgan fingerprint density at radius 3 is 2.35 bits per heavy atom. The largest absolute Gasteiger partial charge is 0.367 e. The van der Waals surface area contributed by atoms with Crippen LogP contribution in [0.25, 0.3) is 0 Å². The van der Waals surface area contributed by atoms with E-state index in [0.717, 1.165) is 43.2 Å². The first kappa shape index (κ1) is 21.9. The molecule has 0 saturated carbocycles. The first-order valence-corrected chi connectivity index (χ1v) is 11.7. The molecule has 3 amide bonds. The van der Waals surface area contributed by atoms with Gasteiger partial charge in [0.2, 0.25) is 17.7 Å². The van der Waals surface area contributed by atoms with Gasteiger partial charge in [-0.1, -0.05) is 23.7 Å². The monoisotopic (exact) mass is 446 g/mol. The molecule has 3 aliphatic heterocycles. The van der Waals surface area contributed by atoms with Crippen LogP contribution in [0, 0.1) is 5.92 Å². The number of carbonyl (C=O) groups is 3. The summed E-state index contributed by atoms with van der Waals surface area (Å²) in [6.45, 7) is 5.50. The normalized spacial score (nSPS) is 22.4. The number of benzene rings is 1. The molecule has 0 aromatic heterocycles. The minimum Gasteiger partial charge on any atom is -0.367 e. The second-order valence-electron chi connectivity index (χ2n) is 8.68. The van der Waals surface area contributed by atoms with Gasteiger partial charge in [-0.2, -0.15) is 0 Å². The zero-order chi connectivity index (χ0) is 21.8. The van der Waals surface area contributed by atoms with Crippen LogP contribution in [-0.4, -0.2) is 84.8 Å². The van der Waals surface area contributed by atoms with Crippen LogP contribution in [0.1, 0.15) is 32.1 Å². The maximum Gasteiger partial charge on any atom is 0.227 e. The van der Waals surface area contributed by atoms with Gasteiger partial charge in [0.1, 0.15) is 0 Å². The number of halogens is 1. The molecule has 7 nitrogen and oxygen atoms in total. The van der Waals surface area contributed by atoms with Gasteiger partial charge >= 0.3 is 0 Å². The molecule has 0 spiro atoms. The molecule has 0 N–H and O–H groups in total. The minimum atomic E-state index is -0.127. The van der Waals surface area contributed by atoms with E-state index in [0.29, 0.717) is 52.0 Å². The van der Waals surface area contributed by atoms with Gasteiger partial charge in [0.15, 0.2) is 0 Å². The number of anilines is 1. The Morgan fingerprint density at radius 2 is 1.65 bits per heavy atom. The van der Waals surface area contributed by atoms with Gasteiger partial charge in [-0.05, 0) is 31.4 Å². The molecular formula is C23H31ClN4O3. The third-order valence-corrected chi connectivity index (χ3v) is 6.98. The van der Waals surface area contributed by atoms with Gasteiger partial charge in [0.05, 0.1) is 16.6 Å². The maximum atomic E-state index is 13.1. The first-order chi connectivity index (χ1) is 15.0. The third-order valence-electron chi connectivity index (χ3n) is 6.66. The van der Waals surface area contributed by atoms with E-state index in [1.807, 2.05) is 39.0 Å². The number of likely N-dealkylation sites (tertiary alicyclic amines) is 2. The average molecular weight is 447 g/mol. The summed E-state index contributed by atoms with van der Waals surface area (Å²) in [5, 5.41) is 0.736. The zero-order valence-corrected chi connectivity index (χ0v) is 18.7. The molecule has 1 unspecified atom stereocenters. The number of hydrogen-bond donors (Lipinski definition) is 0. The van der Waals surface area contributed by atoms with Crippen molar-refractivity contribution in [3.8, 4) is 0 Å². The number of nitrogens with zero attached hydrogens (tertiary/aromatic N) is 4. The molecule has 3 fully saturated rings. The van der Waals surface area contributed by atoms with Crippen molar-refractivity contribution >= 4 is 35.0 Å². The van der Waals surface area contributed by atoms with Crippen molar-refractivity contribution in [2.45, 2.75) is 32.1 Å². The van der Waals surface area contributed by atoms with E-state index >= 15 is 0 Å². The average Bonchev–Trinajstić information content (AvgIpc) is 3.20. The topological polar surface area (TPSA) is 64.2 Å². The molecule has 1 atom stereocenters. The Balaban J connectivity index is 1.26. The fourth-order valence-corrected chi connectivity index (χ4v) is 5.11. The van der Waals surface area contributed by atoms with E-state index in [1.54, 1.807) is 0 Å². The summed E-state index contributed by atoms with van der Waals surface area (Å²) >= 11 is 6.32. The standard InChI is InChI=1S/C23H31ClN4O3/c24-19-5-1-2-6-20(19)25-13-15-27(16-14-25)23(31)18-8-9-22(30)28(17-18)12-4-11-26-10-3-7-21(26)29/h1-2,5-6,18H,3-4,7-17H2. The molecule has 0 aliphatic carbocycles. The van der Waals surface area contributed by atoms with Crippen molar-refractivity contribution < 1.29 is 14.4 Å². The molecule has 3 aliphatic rings. The lowest BCUT2D eigenvalue weighted by molar-refractivity contribution is -0.143. The summed E-state index contributed by atoms with van der Waals surface area (Å²) in [4.78, 5) is 45.1. The molecule has 1 aromatic carbocycles. The van der Waals surface area contributed by atoms with Crippen molar-refractivity contribution in [3.05, 3.63) is 29.3 Å². The zero-order valence-electron chi connectivity index (χ0n) is 18.0. The van der Waals surface area contributed by atoms with Crippen LogP contribution >= 0.6 is 11.6 Å². The number of amides is 3. The SMILES string of the molecule is O=C1CCCN1CCCN1CC(C(=O)N2CCN(c3ccccc3Cl)CC2)CCC1=O. The summed E-state index contributed by atoms with van der Waals surface area (Å²) in [7, 11) is 0. The van der Waals surface area contributed by atoms with Crippen molar-refractivity contribution in [3.63, 3.8) is 0 Å². The minimum absolute atomic E-state index is 0.125. The molecule has 3 heterocycles. The molecule has 0 bridgehead atoms.